The summed E-state index contributed by atoms with van der Waals surface area (Å²) in [6, 6.07) is 5.32. The van der Waals surface area contributed by atoms with Gasteiger partial charge in [0.1, 0.15) is 5.75 Å². The van der Waals surface area contributed by atoms with E-state index in [1.807, 2.05) is 37.3 Å². The van der Waals surface area contributed by atoms with Crippen LogP contribution in [0.4, 0.5) is 5.69 Å². The Morgan fingerprint density at radius 1 is 1.19 bits per heavy atom. The van der Waals surface area contributed by atoms with Gasteiger partial charge in [0, 0.05) is 5.56 Å². The van der Waals surface area contributed by atoms with Crippen molar-refractivity contribution in [2.75, 3.05) is 0 Å². The lowest BCUT2D eigenvalue weighted by Gasteiger charge is -2.07. The van der Waals surface area contributed by atoms with Gasteiger partial charge in [-0.1, -0.05) is 30.9 Å². The van der Waals surface area contributed by atoms with E-state index in [1.165, 1.54) is 0 Å². The van der Waals surface area contributed by atoms with Gasteiger partial charge < -0.3 is 5.11 Å². The molecule has 2 nitrogen and oxygen atoms in total. The number of phenolic OH excluding ortho intramolecular Hbond substituents is 1. The van der Waals surface area contributed by atoms with Gasteiger partial charge in [-0.25, -0.2) is 4.99 Å². The molecule has 16 heavy (non-hydrogen) atoms. The van der Waals surface area contributed by atoms with Crippen LogP contribution in [0.25, 0.3) is 0 Å². The second-order valence-corrected chi connectivity index (χ2v) is 3.66. The van der Waals surface area contributed by atoms with Gasteiger partial charge >= 0.3 is 0 Å². The lowest BCUT2D eigenvalue weighted by Crippen LogP contribution is -1.97. The normalized spacial score (nSPS) is 17.1. The van der Waals surface area contributed by atoms with E-state index in [2.05, 4.69) is 11.6 Å². The molecule has 1 aromatic rings. The first-order chi connectivity index (χ1) is 7.68. The molecule has 0 radical (unpaired) electrons. The quantitative estimate of drug-likeness (QED) is 0.758. The predicted molar refractivity (Wildman–Crippen MR) is 67.4 cm³/mol. The van der Waals surface area contributed by atoms with Crippen LogP contribution >= 0.6 is 0 Å². The van der Waals surface area contributed by atoms with Crippen LogP contribution in [0.3, 0.4) is 0 Å². The average molecular weight is 211 g/mol. The second kappa shape index (κ2) is 4.19. The fraction of sp³-hybridized carbons (Fsp3) is 0.0714. The van der Waals surface area contributed by atoms with E-state index in [9.17, 15) is 5.11 Å². The van der Waals surface area contributed by atoms with Gasteiger partial charge in [-0.3, -0.25) is 0 Å². The van der Waals surface area contributed by atoms with E-state index in [1.54, 1.807) is 12.1 Å². The first-order valence-electron chi connectivity index (χ1n) is 5.10. The molecular formula is C14H13NO. The number of aliphatic imine (C=N–C) groups is 1. The lowest BCUT2D eigenvalue weighted by atomic mass is 10.1. The maximum absolute atomic E-state index is 9.57. The highest BCUT2D eigenvalue weighted by Crippen LogP contribution is 2.27. The summed E-state index contributed by atoms with van der Waals surface area (Å²) in [5.41, 5.74) is 3.27. The van der Waals surface area contributed by atoms with Gasteiger partial charge in [-0.2, -0.15) is 0 Å². The molecule has 0 spiro atoms. The largest absolute Gasteiger partial charge is 0.508 e. The number of hydrogen-bond donors (Lipinski definition) is 1. The van der Waals surface area contributed by atoms with E-state index in [0.717, 1.165) is 22.5 Å². The molecule has 0 aromatic heterocycles. The van der Waals surface area contributed by atoms with Gasteiger partial charge in [0.2, 0.25) is 0 Å². The van der Waals surface area contributed by atoms with Gasteiger partial charge in [-0.15, -0.1) is 0 Å². The van der Waals surface area contributed by atoms with E-state index >= 15 is 0 Å². The van der Waals surface area contributed by atoms with E-state index in [4.69, 9.17) is 0 Å². The van der Waals surface area contributed by atoms with Crippen molar-refractivity contribution in [1.82, 2.24) is 0 Å². The summed E-state index contributed by atoms with van der Waals surface area (Å²) in [6.45, 7) is 5.76. The van der Waals surface area contributed by atoms with Crippen LogP contribution in [0, 0.1) is 6.92 Å². The van der Waals surface area contributed by atoms with Gasteiger partial charge in [0.15, 0.2) is 0 Å². The molecule has 1 N–H and O–H groups in total. The van der Waals surface area contributed by atoms with Crippen LogP contribution < -0.4 is 0 Å². The van der Waals surface area contributed by atoms with Gasteiger partial charge in [0.05, 0.1) is 11.4 Å². The average Bonchev–Trinajstić information content (AvgIpc) is 2.28. The highest BCUT2D eigenvalue weighted by molar-refractivity contribution is 6.12. The molecule has 0 atom stereocenters. The predicted octanol–water partition coefficient (Wildman–Crippen LogP) is 3.46. The number of benzene rings is 1. The third-order valence-electron chi connectivity index (χ3n) is 2.51. The van der Waals surface area contributed by atoms with Gasteiger partial charge in [0.25, 0.3) is 0 Å². The zero-order chi connectivity index (χ0) is 11.5. The zero-order valence-electron chi connectivity index (χ0n) is 9.14. The van der Waals surface area contributed by atoms with Crippen LogP contribution in [-0.4, -0.2) is 10.8 Å². The summed E-state index contributed by atoms with van der Waals surface area (Å²) in [4.78, 5) is 4.48. The van der Waals surface area contributed by atoms with Crippen molar-refractivity contribution in [2.24, 2.45) is 4.99 Å². The Kier molecular flexibility index (Phi) is 2.73. The molecule has 0 unspecified atom stereocenters. The Hall–Kier alpha value is -2.09. The second-order valence-electron chi connectivity index (χ2n) is 3.66. The van der Waals surface area contributed by atoms with Crippen LogP contribution in [0.2, 0.25) is 0 Å². The molecule has 0 aliphatic heterocycles. The maximum atomic E-state index is 9.57. The highest BCUT2D eigenvalue weighted by atomic mass is 16.3. The highest BCUT2D eigenvalue weighted by Gasteiger charge is 2.05. The fourth-order valence-corrected chi connectivity index (χ4v) is 1.48. The summed E-state index contributed by atoms with van der Waals surface area (Å²) in [6.07, 6.45) is 7.67. The Morgan fingerprint density at radius 2 is 1.94 bits per heavy atom. The molecule has 0 heterocycles. The molecule has 1 aliphatic rings. The van der Waals surface area contributed by atoms with Crippen molar-refractivity contribution in [3.63, 3.8) is 0 Å². The minimum Gasteiger partial charge on any atom is -0.508 e. The van der Waals surface area contributed by atoms with Crippen molar-refractivity contribution < 1.29 is 5.11 Å². The molecule has 0 amide bonds. The molecule has 2 heteroatoms. The summed E-state index contributed by atoms with van der Waals surface area (Å²) in [7, 11) is 0. The van der Waals surface area contributed by atoms with E-state index < -0.39 is 0 Å². The standard InChI is InChI=1S/C14H13NO/c1-10-6-3-4-7-12(10)15-13-8-5-9-14(16)11(13)2/h3-9,16H,1H2,2H3. The first kappa shape index (κ1) is 10.4. The fourth-order valence-electron chi connectivity index (χ4n) is 1.48. The molecule has 1 aliphatic carbocycles. The lowest BCUT2D eigenvalue weighted by molar-refractivity contribution is 0.471. The van der Waals surface area contributed by atoms with Gasteiger partial charge in [-0.05, 0) is 30.7 Å². The van der Waals surface area contributed by atoms with Crippen molar-refractivity contribution in [3.05, 3.63) is 60.2 Å². The smallest absolute Gasteiger partial charge is 0.120 e. The Morgan fingerprint density at radius 3 is 2.69 bits per heavy atom. The minimum absolute atomic E-state index is 0.266. The van der Waals surface area contributed by atoms with Crippen LogP contribution in [-0.2, 0) is 0 Å². The van der Waals surface area contributed by atoms with Crippen LogP contribution in [0.5, 0.6) is 5.75 Å². The first-order valence-corrected chi connectivity index (χ1v) is 5.10. The molecule has 1 aromatic carbocycles. The topological polar surface area (TPSA) is 32.6 Å². The molecule has 2 rings (SSSR count). The number of phenols is 1. The van der Waals surface area contributed by atoms with Crippen LogP contribution in [0.15, 0.2) is 59.6 Å². The van der Waals surface area contributed by atoms with Crippen molar-refractivity contribution in [1.29, 1.82) is 0 Å². The molecule has 0 bridgehead atoms. The summed E-state index contributed by atoms with van der Waals surface area (Å²) >= 11 is 0. The third kappa shape index (κ3) is 1.96. The Labute approximate surface area is 95.0 Å². The molecule has 0 saturated carbocycles. The molecule has 80 valence electrons. The summed E-state index contributed by atoms with van der Waals surface area (Å²) < 4.78 is 0. The van der Waals surface area contributed by atoms with Crippen molar-refractivity contribution >= 4 is 11.4 Å². The van der Waals surface area contributed by atoms with Crippen molar-refractivity contribution in [2.45, 2.75) is 6.92 Å². The summed E-state index contributed by atoms with van der Waals surface area (Å²) in [5.74, 6) is 0.266. The Bertz CT molecular complexity index is 522. The molecule has 0 saturated heterocycles. The Balaban J connectivity index is 2.43. The monoisotopic (exact) mass is 211 g/mol. The number of hydrogen-bond acceptors (Lipinski definition) is 2. The molecular weight excluding hydrogens is 198 g/mol. The zero-order valence-corrected chi connectivity index (χ0v) is 9.14. The number of allylic oxidation sites excluding steroid dienone is 5. The van der Waals surface area contributed by atoms with Crippen molar-refractivity contribution in [3.8, 4) is 5.75 Å². The minimum atomic E-state index is 0.266. The third-order valence-corrected chi connectivity index (χ3v) is 2.51. The SMILES string of the molecule is C=C1C=CC=CC1=Nc1cccc(O)c1C. The molecule has 0 fully saturated rings. The number of nitrogens with zero attached hydrogens (tertiary/aromatic N) is 1. The van der Waals surface area contributed by atoms with E-state index in [0.29, 0.717) is 0 Å². The summed E-state index contributed by atoms with van der Waals surface area (Å²) in [5, 5.41) is 9.57. The van der Waals surface area contributed by atoms with E-state index in [-0.39, 0.29) is 5.75 Å². The maximum Gasteiger partial charge on any atom is 0.120 e. The number of aromatic hydroxyl groups is 1. The van der Waals surface area contributed by atoms with Crippen LogP contribution in [0.1, 0.15) is 5.56 Å². The number of rotatable bonds is 1.